The number of carbonyl (C=O) groups is 2. The van der Waals surface area contributed by atoms with Gasteiger partial charge in [0.2, 0.25) is 5.91 Å². The van der Waals surface area contributed by atoms with Crippen molar-refractivity contribution < 1.29 is 36.3 Å². The van der Waals surface area contributed by atoms with E-state index in [1.54, 1.807) is 0 Å². The minimum Gasteiger partial charge on any atom is -0.435 e. The van der Waals surface area contributed by atoms with Crippen LogP contribution in [-0.2, 0) is 16.0 Å². The van der Waals surface area contributed by atoms with Gasteiger partial charge >= 0.3 is 6.61 Å². The summed E-state index contributed by atoms with van der Waals surface area (Å²) in [6.45, 7) is -3.35. The number of Topliss-reactive ketones (excluding diaryl/α,β-unsaturated/α-hetero) is 1. The minimum absolute atomic E-state index is 0.0666. The number of ketones is 1. The molecule has 0 radical (unpaired) electrons. The van der Waals surface area contributed by atoms with Crippen molar-refractivity contribution in [3.8, 4) is 5.75 Å². The molecule has 1 fully saturated rings. The molecule has 0 aromatic heterocycles. The van der Waals surface area contributed by atoms with Gasteiger partial charge < -0.3 is 10.1 Å². The highest BCUT2D eigenvalue weighted by molar-refractivity contribution is 5.90. The molecule has 4 nitrogen and oxygen atoms in total. The maximum atomic E-state index is 14.4. The van der Waals surface area contributed by atoms with Crippen molar-refractivity contribution in [3.05, 3.63) is 65.0 Å². The summed E-state index contributed by atoms with van der Waals surface area (Å²) >= 11 is 0. The largest absolute Gasteiger partial charge is 0.435 e. The molecule has 9 heteroatoms. The second kappa shape index (κ2) is 8.59. The van der Waals surface area contributed by atoms with Crippen LogP contribution < -0.4 is 10.1 Å². The lowest BCUT2D eigenvalue weighted by molar-refractivity contribution is -0.127. The molecule has 29 heavy (non-hydrogen) atoms. The first-order valence-electron chi connectivity index (χ1n) is 8.72. The van der Waals surface area contributed by atoms with Gasteiger partial charge in [0.15, 0.2) is 0 Å². The van der Waals surface area contributed by atoms with Gasteiger partial charge in [-0.3, -0.25) is 9.59 Å². The van der Waals surface area contributed by atoms with Crippen LogP contribution in [0.3, 0.4) is 0 Å². The molecule has 1 aliphatic rings. The van der Waals surface area contributed by atoms with Crippen LogP contribution in [0.25, 0.3) is 0 Å². The van der Waals surface area contributed by atoms with Crippen LogP contribution in [0.4, 0.5) is 22.0 Å². The molecule has 1 heterocycles. The number of hydrogen-bond acceptors (Lipinski definition) is 3. The Hall–Kier alpha value is -2.97. The Morgan fingerprint density at radius 1 is 1.10 bits per heavy atom. The fraction of sp³-hybridized carbons (Fsp3) is 0.300. The molecule has 3 rings (SSSR count). The van der Waals surface area contributed by atoms with Gasteiger partial charge in [-0.15, -0.1) is 0 Å². The van der Waals surface area contributed by atoms with E-state index in [1.165, 1.54) is 24.3 Å². The lowest BCUT2D eigenvalue weighted by Gasteiger charge is -2.19. The van der Waals surface area contributed by atoms with Crippen LogP contribution in [0.5, 0.6) is 5.75 Å². The van der Waals surface area contributed by atoms with E-state index in [0.717, 1.165) is 0 Å². The van der Waals surface area contributed by atoms with Crippen LogP contribution in [0, 0.1) is 23.4 Å². The number of benzene rings is 2. The van der Waals surface area contributed by atoms with Crippen LogP contribution in [0.15, 0.2) is 36.4 Å². The molecule has 0 spiro atoms. The maximum Gasteiger partial charge on any atom is 0.387 e. The molecule has 154 valence electrons. The third-order valence-electron chi connectivity index (χ3n) is 4.73. The number of rotatable bonds is 7. The van der Waals surface area contributed by atoms with E-state index in [1.807, 2.05) is 0 Å². The molecule has 0 aliphatic carbocycles. The molecule has 1 aliphatic heterocycles. The first-order chi connectivity index (χ1) is 13.7. The van der Waals surface area contributed by atoms with Crippen LogP contribution in [0.1, 0.15) is 23.5 Å². The molecule has 0 unspecified atom stereocenters. The zero-order valence-electron chi connectivity index (χ0n) is 14.9. The van der Waals surface area contributed by atoms with Gasteiger partial charge in [0.25, 0.3) is 0 Å². The molecule has 2 aromatic carbocycles. The fourth-order valence-electron chi connectivity index (χ4n) is 3.44. The van der Waals surface area contributed by atoms with Crippen LogP contribution in [0.2, 0.25) is 0 Å². The standard InChI is InChI=1S/C20H16F5NO3/c21-11-3-1-10(2-4-11)5-12(27)6-14-15(9-26-19(14)28)18-16(22)7-13(8-17(18)23)29-20(24)25/h1-4,7-8,14-15,20H,5-6,9H2,(H,26,28)/t14-,15+/m0/s1. The molecule has 2 aromatic rings. The van der Waals surface area contributed by atoms with E-state index in [4.69, 9.17) is 0 Å². The number of carbonyl (C=O) groups excluding carboxylic acids is 2. The van der Waals surface area contributed by atoms with Gasteiger partial charge in [-0.25, -0.2) is 13.2 Å². The van der Waals surface area contributed by atoms with E-state index in [0.29, 0.717) is 17.7 Å². The third kappa shape index (κ3) is 4.90. The van der Waals surface area contributed by atoms with Crippen molar-refractivity contribution in [2.75, 3.05) is 6.54 Å². The van der Waals surface area contributed by atoms with Crippen molar-refractivity contribution in [2.24, 2.45) is 5.92 Å². The highest BCUT2D eigenvalue weighted by Gasteiger charge is 2.40. The maximum absolute atomic E-state index is 14.4. The summed E-state index contributed by atoms with van der Waals surface area (Å²) < 4.78 is 70.3. The highest BCUT2D eigenvalue weighted by atomic mass is 19.3. The molecule has 1 amide bonds. The quantitative estimate of drug-likeness (QED) is 0.704. The van der Waals surface area contributed by atoms with Gasteiger partial charge in [0.1, 0.15) is 29.0 Å². The Balaban J connectivity index is 1.78. The van der Waals surface area contributed by atoms with E-state index in [-0.39, 0.29) is 25.2 Å². The van der Waals surface area contributed by atoms with Gasteiger partial charge in [0.05, 0.1) is 5.92 Å². The van der Waals surface area contributed by atoms with Crippen molar-refractivity contribution in [2.45, 2.75) is 25.4 Å². The summed E-state index contributed by atoms with van der Waals surface area (Å²) in [4.78, 5) is 24.5. The minimum atomic E-state index is -3.24. The van der Waals surface area contributed by atoms with Gasteiger partial charge in [-0.2, -0.15) is 8.78 Å². The summed E-state index contributed by atoms with van der Waals surface area (Å²) in [7, 11) is 0. The smallest absolute Gasteiger partial charge is 0.387 e. The predicted molar refractivity (Wildman–Crippen MR) is 92.0 cm³/mol. The van der Waals surface area contributed by atoms with E-state index in [9.17, 15) is 31.5 Å². The normalized spacial score (nSPS) is 18.8. The second-order valence-corrected chi connectivity index (χ2v) is 6.68. The topological polar surface area (TPSA) is 55.4 Å². The van der Waals surface area contributed by atoms with E-state index < -0.39 is 53.1 Å². The molecular formula is C20H16F5NO3. The number of nitrogens with one attached hydrogen (secondary N) is 1. The molecule has 1 N–H and O–H groups in total. The van der Waals surface area contributed by atoms with E-state index >= 15 is 0 Å². The third-order valence-corrected chi connectivity index (χ3v) is 4.73. The number of ether oxygens (including phenoxy) is 1. The van der Waals surface area contributed by atoms with Crippen molar-refractivity contribution in [1.29, 1.82) is 0 Å². The summed E-state index contributed by atoms with van der Waals surface area (Å²) in [5, 5.41) is 2.47. The van der Waals surface area contributed by atoms with Crippen molar-refractivity contribution in [3.63, 3.8) is 0 Å². The summed E-state index contributed by atoms with van der Waals surface area (Å²) in [6, 6.07) is 6.49. The lowest BCUT2D eigenvalue weighted by atomic mass is 9.84. The first kappa shape index (κ1) is 20.8. The van der Waals surface area contributed by atoms with Crippen LogP contribution in [-0.4, -0.2) is 24.8 Å². The Kier molecular flexibility index (Phi) is 6.14. The average Bonchev–Trinajstić information content (AvgIpc) is 2.96. The zero-order valence-corrected chi connectivity index (χ0v) is 14.9. The first-order valence-corrected chi connectivity index (χ1v) is 8.72. The Morgan fingerprint density at radius 3 is 2.31 bits per heavy atom. The van der Waals surface area contributed by atoms with Gasteiger partial charge in [-0.05, 0) is 17.7 Å². The molecule has 0 bridgehead atoms. The van der Waals surface area contributed by atoms with Crippen molar-refractivity contribution in [1.82, 2.24) is 5.32 Å². The lowest BCUT2D eigenvalue weighted by Crippen LogP contribution is -2.23. The summed E-state index contributed by atoms with van der Waals surface area (Å²) in [6.07, 6.45) is -0.342. The van der Waals surface area contributed by atoms with Crippen molar-refractivity contribution >= 4 is 11.7 Å². The van der Waals surface area contributed by atoms with Crippen LogP contribution >= 0.6 is 0 Å². The second-order valence-electron chi connectivity index (χ2n) is 6.68. The Bertz CT molecular complexity index is 894. The summed E-state index contributed by atoms with van der Waals surface area (Å²) in [5.74, 6) is -6.32. The average molecular weight is 413 g/mol. The number of amides is 1. The molecular weight excluding hydrogens is 397 g/mol. The zero-order chi connectivity index (χ0) is 21.1. The Morgan fingerprint density at radius 2 is 1.72 bits per heavy atom. The number of alkyl halides is 2. The monoisotopic (exact) mass is 413 g/mol. The fourth-order valence-corrected chi connectivity index (χ4v) is 3.44. The molecule has 2 atom stereocenters. The number of hydrogen-bond donors (Lipinski definition) is 1. The Labute approximate surface area is 162 Å². The van der Waals surface area contributed by atoms with Gasteiger partial charge in [-0.1, -0.05) is 12.1 Å². The highest BCUT2D eigenvalue weighted by Crippen LogP contribution is 2.36. The molecule has 1 saturated heterocycles. The SMILES string of the molecule is O=C(Cc1ccc(F)cc1)C[C@@H]1C(=O)NC[C@H]1c1c(F)cc(OC(F)F)cc1F. The molecule has 0 saturated carbocycles. The van der Waals surface area contributed by atoms with Gasteiger partial charge in [0, 0.05) is 43.0 Å². The number of halogens is 5. The van der Waals surface area contributed by atoms with E-state index in [2.05, 4.69) is 10.1 Å². The predicted octanol–water partition coefficient (Wildman–Crippen LogP) is 3.74. The summed E-state index contributed by atoms with van der Waals surface area (Å²) in [5.41, 5.74) is 0.0711.